The minimum Gasteiger partial charge on any atom is -0.502 e. The third kappa shape index (κ3) is 3.37. The van der Waals surface area contributed by atoms with Crippen molar-refractivity contribution in [3.63, 3.8) is 0 Å². The largest absolute Gasteiger partial charge is 0.502 e. The summed E-state index contributed by atoms with van der Waals surface area (Å²) in [5.74, 6) is -1.16. The molecule has 0 saturated heterocycles. The monoisotopic (exact) mass is 356 g/mol. The number of aryl methyl sites for hydroxylation is 1. The van der Waals surface area contributed by atoms with Crippen LogP contribution in [0.2, 0.25) is 0 Å². The Morgan fingerprint density at radius 3 is 2.52 bits per heavy atom. The quantitative estimate of drug-likeness (QED) is 0.557. The fourth-order valence-corrected chi connectivity index (χ4v) is 3.07. The van der Waals surface area contributed by atoms with Crippen LogP contribution in [0.3, 0.4) is 0 Å². The molecule has 3 aromatic rings. The average molecular weight is 357 g/mol. The Labute approximate surface area is 149 Å². The van der Waals surface area contributed by atoms with Crippen LogP contribution < -0.4 is 10.9 Å². The number of fused-ring (bicyclic) bond motifs is 1. The molecular weight excluding hydrogens is 340 g/mol. The summed E-state index contributed by atoms with van der Waals surface area (Å²) < 4.78 is 1.31. The van der Waals surface area contributed by atoms with E-state index in [4.69, 9.17) is 11.6 Å². The highest BCUT2D eigenvalue weighted by atomic mass is 35.5. The standard InChI is InChI=1S/C19H17ClN2O3/c1-22-14-10-6-5-9-13(14)16(17(23)19(22)25)18(24)21-15(20)11-12-7-3-2-4-8-12/h2-10,15,23H,11H2,1H3,(H,21,24). The van der Waals surface area contributed by atoms with E-state index in [9.17, 15) is 14.7 Å². The van der Waals surface area contributed by atoms with Crippen molar-refractivity contribution in [3.05, 3.63) is 76.1 Å². The molecule has 0 aliphatic heterocycles. The second-order valence-electron chi connectivity index (χ2n) is 5.74. The number of aromatic nitrogens is 1. The van der Waals surface area contributed by atoms with E-state index in [1.807, 2.05) is 30.3 Å². The smallest absolute Gasteiger partial charge is 0.293 e. The van der Waals surface area contributed by atoms with Gasteiger partial charge in [0.1, 0.15) is 5.50 Å². The van der Waals surface area contributed by atoms with Gasteiger partial charge < -0.3 is 15.0 Å². The number of nitrogens with zero attached hydrogens (tertiary/aromatic N) is 1. The second-order valence-corrected chi connectivity index (χ2v) is 6.26. The minimum atomic E-state index is -0.669. The van der Waals surface area contributed by atoms with Crippen molar-refractivity contribution in [2.24, 2.45) is 7.05 Å². The van der Waals surface area contributed by atoms with E-state index in [0.717, 1.165) is 5.56 Å². The number of amides is 1. The van der Waals surface area contributed by atoms with Gasteiger partial charge in [-0.3, -0.25) is 9.59 Å². The molecule has 0 bridgehead atoms. The zero-order chi connectivity index (χ0) is 18.0. The number of hydrogen-bond acceptors (Lipinski definition) is 3. The topological polar surface area (TPSA) is 71.3 Å². The maximum atomic E-state index is 12.6. The number of para-hydroxylation sites is 1. The molecule has 0 aliphatic rings. The lowest BCUT2D eigenvalue weighted by Crippen LogP contribution is -2.34. The highest BCUT2D eigenvalue weighted by molar-refractivity contribution is 6.22. The van der Waals surface area contributed by atoms with Crippen LogP contribution in [0.4, 0.5) is 0 Å². The van der Waals surface area contributed by atoms with Crippen LogP contribution in [0.25, 0.3) is 10.9 Å². The van der Waals surface area contributed by atoms with Crippen LogP contribution in [0, 0.1) is 0 Å². The number of halogens is 1. The van der Waals surface area contributed by atoms with E-state index < -0.39 is 22.7 Å². The lowest BCUT2D eigenvalue weighted by Gasteiger charge is -2.15. The Hall–Kier alpha value is -2.79. The number of pyridine rings is 1. The number of alkyl halides is 1. The normalized spacial score (nSPS) is 12.1. The molecule has 1 atom stereocenters. The summed E-state index contributed by atoms with van der Waals surface area (Å²) in [7, 11) is 1.55. The SMILES string of the molecule is Cn1c(=O)c(O)c(C(=O)NC(Cl)Cc2ccccc2)c2ccccc21. The van der Waals surface area contributed by atoms with Crippen LogP contribution in [0.1, 0.15) is 15.9 Å². The molecule has 1 unspecified atom stereocenters. The van der Waals surface area contributed by atoms with Crippen molar-refractivity contribution in [1.82, 2.24) is 9.88 Å². The first-order valence-corrected chi connectivity index (χ1v) is 8.22. The summed E-state index contributed by atoms with van der Waals surface area (Å²) in [4.78, 5) is 24.8. The van der Waals surface area contributed by atoms with Crippen LogP contribution in [-0.4, -0.2) is 21.1 Å². The Morgan fingerprint density at radius 1 is 1.16 bits per heavy atom. The van der Waals surface area contributed by atoms with Gasteiger partial charge in [0.05, 0.1) is 11.1 Å². The number of rotatable bonds is 4. The summed E-state index contributed by atoms with van der Waals surface area (Å²) >= 11 is 6.24. The van der Waals surface area contributed by atoms with E-state index in [1.54, 1.807) is 31.3 Å². The van der Waals surface area contributed by atoms with E-state index in [-0.39, 0.29) is 5.56 Å². The molecule has 25 heavy (non-hydrogen) atoms. The molecule has 1 aromatic heterocycles. The van der Waals surface area contributed by atoms with Crippen LogP contribution in [-0.2, 0) is 13.5 Å². The number of aromatic hydroxyl groups is 1. The van der Waals surface area contributed by atoms with Gasteiger partial charge in [-0.1, -0.05) is 60.1 Å². The fraction of sp³-hybridized carbons (Fsp3) is 0.158. The van der Waals surface area contributed by atoms with Gasteiger partial charge in [-0.2, -0.15) is 0 Å². The molecule has 1 amide bonds. The molecular formula is C19H17ClN2O3. The Kier molecular flexibility index (Phi) is 4.76. The van der Waals surface area contributed by atoms with Crippen LogP contribution in [0.15, 0.2) is 59.4 Å². The molecule has 6 heteroatoms. The third-order valence-corrected chi connectivity index (χ3v) is 4.31. The highest BCUT2D eigenvalue weighted by Crippen LogP contribution is 2.23. The zero-order valence-corrected chi connectivity index (χ0v) is 14.3. The molecule has 0 saturated carbocycles. The molecule has 3 rings (SSSR count). The van der Waals surface area contributed by atoms with Gasteiger partial charge in [-0.25, -0.2) is 0 Å². The summed E-state index contributed by atoms with van der Waals surface area (Å²) in [6.07, 6.45) is 0.428. The maximum Gasteiger partial charge on any atom is 0.293 e. The molecule has 1 heterocycles. The number of carbonyl (C=O) groups excluding carboxylic acids is 1. The summed E-state index contributed by atoms with van der Waals surface area (Å²) in [5.41, 5.74) is 0.179. The van der Waals surface area contributed by atoms with Crippen LogP contribution >= 0.6 is 11.6 Å². The Balaban J connectivity index is 1.93. The lowest BCUT2D eigenvalue weighted by molar-refractivity contribution is 0.0947. The van der Waals surface area contributed by atoms with E-state index in [1.165, 1.54) is 4.57 Å². The van der Waals surface area contributed by atoms with Gasteiger partial charge in [-0.05, 0) is 11.6 Å². The van der Waals surface area contributed by atoms with E-state index in [2.05, 4.69) is 5.32 Å². The molecule has 2 N–H and O–H groups in total. The second kappa shape index (κ2) is 6.99. The van der Waals surface area contributed by atoms with Gasteiger partial charge in [0.2, 0.25) is 0 Å². The lowest BCUT2D eigenvalue weighted by atomic mass is 10.1. The van der Waals surface area contributed by atoms with Gasteiger partial charge in [0, 0.05) is 18.9 Å². The van der Waals surface area contributed by atoms with Gasteiger partial charge in [-0.15, -0.1) is 0 Å². The number of carbonyl (C=O) groups is 1. The van der Waals surface area contributed by atoms with Crippen molar-refractivity contribution >= 4 is 28.4 Å². The molecule has 0 fully saturated rings. The van der Waals surface area contributed by atoms with Gasteiger partial charge in [0.25, 0.3) is 11.5 Å². The Morgan fingerprint density at radius 2 is 1.80 bits per heavy atom. The van der Waals surface area contributed by atoms with E-state index in [0.29, 0.717) is 17.3 Å². The predicted molar refractivity (Wildman–Crippen MR) is 98.1 cm³/mol. The maximum absolute atomic E-state index is 12.6. The highest BCUT2D eigenvalue weighted by Gasteiger charge is 2.22. The van der Waals surface area contributed by atoms with Crippen molar-refractivity contribution in [2.45, 2.75) is 11.9 Å². The third-order valence-electron chi connectivity index (χ3n) is 4.05. The molecule has 2 aromatic carbocycles. The summed E-state index contributed by atoms with van der Waals surface area (Å²) in [6.45, 7) is 0. The van der Waals surface area contributed by atoms with E-state index >= 15 is 0 Å². The fourth-order valence-electron chi connectivity index (χ4n) is 2.80. The molecule has 128 valence electrons. The van der Waals surface area contributed by atoms with Crippen LogP contribution in [0.5, 0.6) is 5.75 Å². The van der Waals surface area contributed by atoms with Gasteiger partial charge in [0.15, 0.2) is 5.75 Å². The van der Waals surface area contributed by atoms with Crippen molar-refractivity contribution in [2.75, 3.05) is 0 Å². The predicted octanol–water partition coefficient (Wildman–Crippen LogP) is 2.78. The molecule has 0 radical (unpaired) electrons. The first-order chi connectivity index (χ1) is 12.0. The molecule has 0 aliphatic carbocycles. The van der Waals surface area contributed by atoms with Gasteiger partial charge >= 0.3 is 0 Å². The van der Waals surface area contributed by atoms with Crippen molar-refractivity contribution in [1.29, 1.82) is 0 Å². The Bertz CT molecular complexity index is 983. The number of hydrogen-bond donors (Lipinski definition) is 2. The number of nitrogens with one attached hydrogen (secondary N) is 1. The first-order valence-electron chi connectivity index (χ1n) is 7.78. The minimum absolute atomic E-state index is 0.0580. The summed E-state index contributed by atoms with van der Waals surface area (Å²) in [5, 5.41) is 13.3. The molecule has 0 spiro atoms. The zero-order valence-electron chi connectivity index (χ0n) is 13.6. The average Bonchev–Trinajstić information content (AvgIpc) is 2.60. The number of benzene rings is 2. The molecule has 5 nitrogen and oxygen atoms in total. The van der Waals surface area contributed by atoms with Crippen molar-refractivity contribution < 1.29 is 9.90 Å². The summed E-state index contributed by atoms with van der Waals surface area (Å²) in [6, 6.07) is 16.4. The first kappa shape index (κ1) is 17.0. The van der Waals surface area contributed by atoms with Crippen molar-refractivity contribution in [3.8, 4) is 5.75 Å².